The molecule has 1 saturated heterocycles. The van der Waals surface area contributed by atoms with E-state index in [1.54, 1.807) is 6.92 Å². The molecule has 1 aliphatic heterocycles. The van der Waals surface area contributed by atoms with Crippen LogP contribution in [-0.2, 0) is 28.0 Å². The molecule has 1 saturated carbocycles. The number of anilines is 1. The van der Waals surface area contributed by atoms with Crippen molar-refractivity contribution in [2.45, 2.75) is 64.1 Å². The van der Waals surface area contributed by atoms with Gasteiger partial charge in [-0.15, -0.1) is 0 Å². The smallest absolute Gasteiger partial charge is 0.303 e. The predicted octanol–water partition coefficient (Wildman–Crippen LogP) is 3.63. The van der Waals surface area contributed by atoms with Gasteiger partial charge in [0.2, 0.25) is 5.91 Å². The van der Waals surface area contributed by atoms with Crippen LogP contribution in [0.5, 0.6) is 0 Å². The zero-order chi connectivity index (χ0) is 34.8. The third-order valence-corrected chi connectivity index (χ3v) is 11.0. The van der Waals surface area contributed by atoms with E-state index in [0.717, 1.165) is 47.5 Å². The highest BCUT2D eigenvalue weighted by molar-refractivity contribution is 7.90. The minimum absolute atomic E-state index is 0.0894. The summed E-state index contributed by atoms with van der Waals surface area (Å²) in [5, 5.41) is 12.2. The summed E-state index contributed by atoms with van der Waals surface area (Å²) < 4.78 is 29.9. The molecule has 262 valence electrons. The first-order valence-electron chi connectivity index (χ1n) is 17.2. The lowest BCUT2D eigenvalue weighted by Gasteiger charge is -2.31. The molecule has 4 N–H and O–H groups in total. The molecule has 2 fully saturated rings. The highest BCUT2D eigenvalue weighted by atomic mass is 32.2. The first kappa shape index (κ1) is 36.0. The van der Waals surface area contributed by atoms with Crippen LogP contribution in [0.4, 0.5) is 5.69 Å². The van der Waals surface area contributed by atoms with Gasteiger partial charge in [0.25, 0.3) is 11.8 Å². The summed E-state index contributed by atoms with van der Waals surface area (Å²) in [5.74, 6) is -0.418. The molecule has 12 heteroatoms. The molecule has 2 atom stereocenters. The van der Waals surface area contributed by atoms with Gasteiger partial charge in [-0.2, -0.15) is 12.7 Å². The first-order valence-corrected chi connectivity index (χ1v) is 18.6. The van der Waals surface area contributed by atoms with E-state index in [4.69, 9.17) is 0 Å². The first-order chi connectivity index (χ1) is 23.6. The summed E-state index contributed by atoms with van der Waals surface area (Å²) >= 11 is 0. The average molecular weight is 689 g/mol. The van der Waals surface area contributed by atoms with Gasteiger partial charge in [0, 0.05) is 56.9 Å². The molecule has 0 bridgehead atoms. The SMILES string of the molecule is C[C@H](NC[C@H](Cc1ccccc1)NC(=O)c1cc(C(=O)NCc2ccccc2)cc(N(C)S(=O)(=O)N2CCCCC2)c1)C(=O)NCC1CC1. The molecule has 3 amide bonds. The molecule has 2 aliphatic rings. The molecule has 3 aromatic carbocycles. The van der Waals surface area contributed by atoms with Crippen LogP contribution >= 0.6 is 0 Å². The van der Waals surface area contributed by atoms with Gasteiger partial charge in [0.1, 0.15) is 0 Å². The number of carbonyl (C=O) groups is 3. The van der Waals surface area contributed by atoms with Crippen LogP contribution in [0.2, 0.25) is 0 Å². The average Bonchev–Trinajstić information content (AvgIpc) is 3.97. The largest absolute Gasteiger partial charge is 0.354 e. The second-order valence-corrected chi connectivity index (χ2v) is 15.0. The van der Waals surface area contributed by atoms with E-state index in [1.165, 1.54) is 29.6 Å². The standard InChI is InChI=1S/C37H48N6O5S/c1-27(35(44)39-25-30-16-17-30)38-26-33(20-28-12-6-3-7-13-28)41-37(46)32-21-31(36(45)40-24-29-14-8-4-9-15-29)22-34(23-32)42(2)49(47,48)43-18-10-5-11-19-43/h3-4,6-9,12-15,21-23,27,30,33,38H,5,10-11,16-20,24-26H2,1-2H3,(H,39,44)(H,40,45)(H,41,46)/t27-,33-/m0/s1. The predicted molar refractivity (Wildman–Crippen MR) is 191 cm³/mol. The summed E-state index contributed by atoms with van der Waals surface area (Å²) in [4.78, 5) is 40.1. The van der Waals surface area contributed by atoms with Gasteiger partial charge in [-0.25, -0.2) is 0 Å². The van der Waals surface area contributed by atoms with Crippen LogP contribution in [0.3, 0.4) is 0 Å². The summed E-state index contributed by atoms with van der Waals surface area (Å²) in [6.07, 6.45) is 5.31. The minimum Gasteiger partial charge on any atom is -0.354 e. The molecule has 0 spiro atoms. The Bertz CT molecular complexity index is 1680. The van der Waals surface area contributed by atoms with E-state index in [9.17, 15) is 22.8 Å². The molecule has 0 radical (unpaired) electrons. The van der Waals surface area contributed by atoms with Crippen molar-refractivity contribution in [2.75, 3.05) is 37.5 Å². The molecular formula is C37H48N6O5S. The second kappa shape index (κ2) is 16.9. The molecule has 1 aliphatic carbocycles. The molecule has 3 aromatic rings. The van der Waals surface area contributed by atoms with Gasteiger partial charge in [-0.1, -0.05) is 67.1 Å². The lowest BCUT2D eigenvalue weighted by molar-refractivity contribution is -0.122. The highest BCUT2D eigenvalue weighted by Crippen LogP contribution is 2.27. The van der Waals surface area contributed by atoms with Crippen molar-refractivity contribution in [2.24, 2.45) is 5.92 Å². The van der Waals surface area contributed by atoms with E-state index in [0.29, 0.717) is 38.5 Å². The Labute approximate surface area is 290 Å². The maximum Gasteiger partial charge on any atom is 0.303 e. The number of hydrogen-bond acceptors (Lipinski definition) is 6. The third kappa shape index (κ3) is 10.4. The van der Waals surface area contributed by atoms with Gasteiger partial charge >= 0.3 is 10.2 Å². The number of nitrogens with zero attached hydrogens (tertiary/aromatic N) is 2. The second-order valence-electron chi connectivity index (χ2n) is 13.1. The molecule has 49 heavy (non-hydrogen) atoms. The van der Waals surface area contributed by atoms with Crippen LogP contribution in [0.25, 0.3) is 0 Å². The monoisotopic (exact) mass is 688 g/mol. The Morgan fingerprint density at radius 1 is 0.837 bits per heavy atom. The van der Waals surface area contributed by atoms with Gasteiger partial charge in [-0.3, -0.25) is 18.7 Å². The van der Waals surface area contributed by atoms with Gasteiger partial charge < -0.3 is 21.3 Å². The van der Waals surface area contributed by atoms with Crippen LogP contribution in [0, 0.1) is 5.92 Å². The van der Waals surface area contributed by atoms with Crippen molar-refractivity contribution in [1.82, 2.24) is 25.6 Å². The van der Waals surface area contributed by atoms with E-state index in [1.807, 2.05) is 60.7 Å². The maximum absolute atomic E-state index is 14.0. The quantitative estimate of drug-likeness (QED) is 0.181. The van der Waals surface area contributed by atoms with Crippen molar-refractivity contribution in [1.29, 1.82) is 0 Å². The van der Waals surface area contributed by atoms with Crippen LogP contribution in [0.15, 0.2) is 78.9 Å². The fourth-order valence-corrected chi connectivity index (χ4v) is 7.25. The van der Waals surface area contributed by atoms with Crippen LogP contribution < -0.4 is 25.6 Å². The minimum atomic E-state index is -3.90. The fourth-order valence-electron chi connectivity index (χ4n) is 5.81. The Balaban J connectivity index is 1.37. The molecule has 1 heterocycles. The molecule has 0 unspecified atom stereocenters. The normalized spacial score (nSPS) is 16.3. The third-order valence-electron chi connectivity index (χ3n) is 9.07. The summed E-state index contributed by atoms with van der Waals surface area (Å²) in [6.45, 7) is 3.89. The zero-order valence-electron chi connectivity index (χ0n) is 28.4. The van der Waals surface area contributed by atoms with E-state index >= 15 is 0 Å². The van der Waals surface area contributed by atoms with Gasteiger partial charge in [0.05, 0.1) is 11.7 Å². The number of nitrogens with one attached hydrogen (secondary N) is 4. The molecular weight excluding hydrogens is 641 g/mol. The number of piperidine rings is 1. The van der Waals surface area contributed by atoms with E-state index < -0.39 is 34.1 Å². The molecule has 0 aromatic heterocycles. The summed E-state index contributed by atoms with van der Waals surface area (Å²) in [6, 6.07) is 22.8. The van der Waals surface area contributed by atoms with Crippen molar-refractivity contribution in [3.8, 4) is 0 Å². The fraction of sp³-hybridized carbons (Fsp3) is 0.432. The Kier molecular flexibility index (Phi) is 12.4. The van der Waals surface area contributed by atoms with E-state index in [2.05, 4.69) is 21.3 Å². The number of rotatable bonds is 16. The highest BCUT2D eigenvalue weighted by Gasteiger charge is 2.30. The topological polar surface area (TPSA) is 140 Å². The van der Waals surface area contributed by atoms with Crippen molar-refractivity contribution in [3.05, 3.63) is 101 Å². The number of carbonyl (C=O) groups excluding carboxylic acids is 3. The summed E-state index contributed by atoms with van der Waals surface area (Å²) in [7, 11) is -2.45. The lowest BCUT2D eigenvalue weighted by atomic mass is 10.0. The Morgan fingerprint density at radius 3 is 2.08 bits per heavy atom. The van der Waals surface area contributed by atoms with Crippen molar-refractivity contribution < 1.29 is 22.8 Å². The number of hydrogen-bond donors (Lipinski definition) is 4. The Hall–Kier alpha value is -4.26. The van der Waals surface area contributed by atoms with Gasteiger partial charge in [-0.05, 0) is 74.3 Å². The maximum atomic E-state index is 14.0. The zero-order valence-corrected chi connectivity index (χ0v) is 29.2. The van der Waals surface area contributed by atoms with Crippen LogP contribution in [-0.4, -0.2) is 75.8 Å². The molecule has 5 rings (SSSR count). The van der Waals surface area contributed by atoms with E-state index in [-0.39, 0.29) is 29.3 Å². The Morgan fingerprint density at radius 2 is 1.45 bits per heavy atom. The van der Waals surface area contributed by atoms with Crippen LogP contribution in [0.1, 0.15) is 70.9 Å². The summed E-state index contributed by atoms with van der Waals surface area (Å²) in [5.41, 5.74) is 2.43. The van der Waals surface area contributed by atoms with Crippen molar-refractivity contribution in [3.63, 3.8) is 0 Å². The number of benzene rings is 3. The van der Waals surface area contributed by atoms with Crippen molar-refractivity contribution >= 4 is 33.6 Å². The van der Waals surface area contributed by atoms with Gasteiger partial charge in [0.15, 0.2) is 0 Å². The molecule has 11 nitrogen and oxygen atoms in total. The number of amides is 3. The lowest BCUT2D eigenvalue weighted by Crippen LogP contribution is -2.49.